The predicted octanol–water partition coefficient (Wildman–Crippen LogP) is 3.86. The van der Waals surface area contributed by atoms with E-state index in [9.17, 15) is 14.9 Å². The van der Waals surface area contributed by atoms with Crippen molar-refractivity contribution in [2.75, 3.05) is 5.32 Å². The van der Waals surface area contributed by atoms with E-state index in [1.807, 2.05) is 6.07 Å². The molecule has 0 aliphatic rings. The van der Waals surface area contributed by atoms with Crippen LogP contribution in [-0.4, -0.2) is 20.9 Å². The number of hydrogen-bond donors (Lipinski definition) is 1. The van der Waals surface area contributed by atoms with Gasteiger partial charge in [0.15, 0.2) is 0 Å². The van der Waals surface area contributed by atoms with Crippen LogP contribution in [0.2, 0.25) is 0 Å². The fourth-order valence-corrected chi connectivity index (χ4v) is 2.35. The Morgan fingerprint density at radius 1 is 1.11 bits per heavy atom. The monoisotopic (exact) mass is 364 g/mol. The Morgan fingerprint density at radius 3 is 2.52 bits per heavy atom. The SMILES string of the molecule is CC(=O)OCc1ccc(Nc2nc(-c3ccccn3)ccc2[N+](=O)[O-])cc1. The van der Waals surface area contributed by atoms with Crippen molar-refractivity contribution in [3.05, 3.63) is 76.5 Å². The summed E-state index contributed by atoms with van der Waals surface area (Å²) in [4.78, 5) is 30.3. The van der Waals surface area contributed by atoms with Gasteiger partial charge in [0, 0.05) is 24.9 Å². The molecule has 1 aromatic carbocycles. The largest absolute Gasteiger partial charge is 0.461 e. The molecular weight excluding hydrogens is 348 g/mol. The molecule has 0 aliphatic carbocycles. The Kier molecular flexibility index (Phi) is 5.36. The summed E-state index contributed by atoms with van der Waals surface area (Å²) in [5.41, 5.74) is 2.43. The Balaban J connectivity index is 1.86. The molecule has 2 heterocycles. The first kappa shape index (κ1) is 18.0. The topological polar surface area (TPSA) is 107 Å². The van der Waals surface area contributed by atoms with Crippen LogP contribution in [0.5, 0.6) is 0 Å². The zero-order valence-electron chi connectivity index (χ0n) is 14.5. The molecule has 0 saturated heterocycles. The van der Waals surface area contributed by atoms with E-state index in [1.54, 1.807) is 48.7 Å². The Morgan fingerprint density at radius 2 is 1.89 bits per heavy atom. The average molecular weight is 364 g/mol. The summed E-state index contributed by atoms with van der Waals surface area (Å²) in [6.45, 7) is 1.51. The van der Waals surface area contributed by atoms with E-state index in [1.165, 1.54) is 13.0 Å². The van der Waals surface area contributed by atoms with E-state index in [4.69, 9.17) is 4.74 Å². The number of anilines is 2. The highest BCUT2D eigenvalue weighted by Gasteiger charge is 2.17. The molecule has 0 saturated carbocycles. The first-order valence-electron chi connectivity index (χ1n) is 8.09. The number of nitro groups is 1. The van der Waals surface area contributed by atoms with Crippen LogP contribution in [0.25, 0.3) is 11.4 Å². The number of carbonyl (C=O) groups excluding carboxylic acids is 1. The van der Waals surface area contributed by atoms with Gasteiger partial charge in [0.05, 0.1) is 16.3 Å². The van der Waals surface area contributed by atoms with Crippen molar-refractivity contribution >= 4 is 23.2 Å². The van der Waals surface area contributed by atoms with Gasteiger partial charge in [-0.2, -0.15) is 0 Å². The number of carbonyl (C=O) groups is 1. The third kappa shape index (κ3) is 4.63. The van der Waals surface area contributed by atoms with Crippen LogP contribution in [0.1, 0.15) is 12.5 Å². The number of esters is 1. The molecule has 136 valence electrons. The summed E-state index contributed by atoms with van der Waals surface area (Å²) < 4.78 is 4.93. The minimum Gasteiger partial charge on any atom is -0.461 e. The highest BCUT2D eigenvalue weighted by molar-refractivity contribution is 5.70. The maximum absolute atomic E-state index is 11.3. The molecule has 27 heavy (non-hydrogen) atoms. The smallest absolute Gasteiger partial charge is 0.311 e. The van der Waals surface area contributed by atoms with Gasteiger partial charge in [0.25, 0.3) is 0 Å². The van der Waals surface area contributed by atoms with E-state index in [2.05, 4.69) is 15.3 Å². The summed E-state index contributed by atoms with van der Waals surface area (Å²) in [6.07, 6.45) is 1.63. The van der Waals surface area contributed by atoms with Gasteiger partial charge in [0.1, 0.15) is 6.61 Å². The van der Waals surface area contributed by atoms with E-state index in [0.717, 1.165) is 5.56 Å². The molecule has 0 unspecified atom stereocenters. The lowest BCUT2D eigenvalue weighted by atomic mass is 10.2. The molecule has 3 aromatic rings. The van der Waals surface area contributed by atoms with Crippen molar-refractivity contribution in [3.63, 3.8) is 0 Å². The first-order chi connectivity index (χ1) is 13.0. The summed E-state index contributed by atoms with van der Waals surface area (Å²) in [5.74, 6) is -0.237. The molecule has 0 radical (unpaired) electrons. The lowest BCUT2D eigenvalue weighted by Crippen LogP contribution is -2.02. The fraction of sp³-hybridized carbons (Fsp3) is 0.105. The Labute approximate surface area is 155 Å². The van der Waals surface area contributed by atoms with Crippen LogP contribution >= 0.6 is 0 Å². The second kappa shape index (κ2) is 8.05. The predicted molar refractivity (Wildman–Crippen MR) is 99.3 cm³/mol. The third-order valence-electron chi connectivity index (χ3n) is 3.66. The molecule has 0 amide bonds. The second-order valence-corrected chi connectivity index (χ2v) is 5.64. The molecule has 0 spiro atoms. The number of benzene rings is 1. The van der Waals surface area contributed by atoms with Gasteiger partial charge in [-0.1, -0.05) is 18.2 Å². The highest BCUT2D eigenvalue weighted by atomic mass is 16.6. The minimum absolute atomic E-state index is 0.121. The van der Waals surface area contributed by atoms with Crippen molar-refractivity contribution in [3.8, 4) is 11.4 Å². The zero-order valence-corrected chi connectivity index (χ0v) is 14.5. The fourth-order valence-electron chi connectivity index (χ4n) is 2.35. The molecule has 8 heteroatoms. The Hall–Kier alpha value is -3.81. The lowest BCUT2D eigenvalue weighted by Gasteiger charge is -2.09. The lowest BCUT2D eigenvalue weighted by molar-refractivity contribution is -0.384. The number of nitrogens with one attached hydrogen (secondary N) is 1. The summed E-state index contributed by atoms with van der Waals surface area (Å²) in [5, 5.41) is 14.3. The summed E-state index contributed by atoms with van der Waals surface area (Å²) in [6, 6.07) is 15.3. The molecule has 0 bridgehead atoms. The van der Waals surface area contributed by atoms with Crippen LogP contribution in [0.3, 0.4) is 0 Å². The van der Waals surface area contributed by atoms with Crippen molar-refractivity contribution in [2.24, 2.45) is 0 Å². The van der Waals surface area contributed by atoms with Crippen molar-refractivity contribution in [1.29, 1.82) is 0 Å². The molecule has 0 atom stereocenters. The van der Waals surface area contributed by atoms with E-state index in [0.29, 0.717) is 17.1 Å². The normalized spacial score (nSPS) is 10.3. The number of hydrogen-bond acceptors (Lipinski definition) is 7. The molecular formula is C19H16N4O4. The minimum atomic E-state index is -0.493. The summed E-state index contributed by atoms with van der Waals surface area (Å²) >= 11 is 0. The van der Waals surface area contributed by atoms with E-state index < -0.39 is 4.92 Å². The van der Waals surface area contributed by atoms with Crippen LogP contribution in [0.15, 0.2) is 60.8 Å². The molecule has 1 N–H and O–H groups in total. The number of aromatic nitrogens is 2. The van der Waals surface area contributed by atoms with Gasteiger partial charge in [-0.25, -0.2) is 4.98 Å². The number of rotatable bonds is 6. The maximum Gasteiger partial charge on any atom is 0.311 e. The van der Waals surface area contributed by atoms with Crippen LogP contribution in [-0.2, 0) is 16.1 Å². The number of pyridine rings is 2. The quantitative estimate of drug-likeness (QED) is 0.402. The first-order valence-corrected chi connectivity index (χ1v) is 8.09. The van der Waals surface area contributed by atoms with Crippen molar-refractivity contribution in [1.82, 2.24) is 9.97 Å². The van der Waals surface area contributed by atoms with Gasteiger partial charge in [-0.15, -0.1) is 0 Å². The molecule has 0 fully saturated rings. The van der Waals surface area contributed by atoms with Crippen LogP contribution in [0.4, 0.5) is 17.2 Å². The van der Waals surface area contributed by atoms with E-state index in [-0.39, 0.29) is 24.1 Å². The maximum atomic E-state index is 11.3. The molecule has 2 aromatic heterocycles. The molecule has 8 nitrogen and oxygen atoms in total. The van der Waals surface area contributed by atoms with Gasteiger partial charge < -0.3 is 10.1 Å². The van der Waals surface area contributed by atoms with Gasteiger partial charge in [-0.3, -0.25) is 19.9 Å². The van der Waals surface area contributed by atoms with Gasteiger partial charge in [-0.05, 0) is 35.9 Å². The van der Waals surface area contributed by atoms with Crippen LogP contribution in [0, 0.1) is 10.1 Å². The summed E-state index contributed by atoms with van der Waals surface area (Å²) in [7, 11) is 0. The zero-order chi connectivity index (χ0) is 19.2. The van der Waals surface area contributed by atoms with Crippen LogP contribution < -0.4 is 5.32 Å². The van der Waals surface area contributed by atoms with E-state index >= 15 is 0 Å². The van der Waals surface area contributed by atoms with Gasteiger partial charge >= 0.3 is 11.7 Å². The van der Waals surface area contributed by atoms with Gasteiger partial charge in [0.2, 0.25) is 5.82 Å². The highest BCUT2D eigenvalue weighted by Crippen LogP contribution is 2.28. The second-order valence-electron chi connectivity index (χ2n) is 5.64. The van der Waals surface area contributed by atoms with Crippen molar-refractivity contribution in [2.45, 2.75) is 13.5 Å². The van der Waals surface area contributed by atoms with Crippen molar-refractivity contribution < 1.29 is 14.5 Å². The Bertz CT molecular complexity index is 959. The average Bonchev–Trinajstić information content (AvgIpc) is 2.68. The number of ether oxygens (including phenoxy) is 1. The molecule has 3 rings (SSSR count). The molecule has 0 aliphatic heterocycles. The number of nitrogens with zero attached hydrogens (tertiary/aromatic N) is 3. The third-order valence-corrected chi connectivity index (χ3v) is 3.66. The standard InChI is InChI=1S/C19H16N4O4/c1-13(24)27-12-14-5-7-15(8-6-14)21-19-18(23(25)26)10-9-17(22-19)16-4-2-3-11-20-16/h2-11H,12H2,1H3,(H,21,22).